The van der Waals surface area contributed by atoms with Crippen molar-refractivity contribution in [2.75, 3.05) is 13.2 Å². The average Bonchev–Trinajstić information content (AvgIpc) is 2.52. The molecule has 5 nitrogen and oxygen atoms in total. The molecule has 0 aromatic heterocycles. The third-order valence-electron chi connectivity index (χ3n) is 3.91. The molecule has 5 heteroatoms. The highest BCUT2D eigenvalue weighted by Crippen LogP contribution is 2.10. The van der Waals surface area contributed by atoms with E-state index in [0.29, 0.717) is 13.0 Å². The molecule has 0 radical (unpaired) electrons. The summed E-state index contributed by atoms with van der Waals surface area (Å²) < 4.78 is 5.06. The second-order valence-electron chi connectivity index (χ2n) is 6.08. The molecule has 23 heavy (non-hydrogen) atoms. The standard InChI is InChI=1S/C18H35NO4/c1-3-5-7-8-9-10-11-12-14-16-23-18(22)19(17(20)21)15-13-6-4-2/h3-16H2,1-2H3,(H,20,21). The van der Waals surface area contributed by atoms with Crippen LogP contribution in [0.2, 0.25) is 0 Å². The predicted octanol–water partition coefficient (Wildman–Crippen LogP) is 5.82. The maximum Gasteiger partial charge on any atom is 0.419 e. The normalized spacial score (nSPS) is 10.5. The molecule has 0 unspecified atom stereocenters. The monoisotopic (exact) mass is 329 g/mol. The number of carbonyl (C=O) groups excluding carboxylic acids is 1. The van der Waals surface area contributed by atoms with E-state index in [0.717, 1.165) is 37.0 Å². The van der Waals surface area contributed by atoms with Crippen molar-refractivity contribution < 1.29 is 19.4 Å². The van der Waals surface area contributed by atoms with E-state index in [-0.39, 0.29) is 6.54 Å². The van der Waals surface area contributed by atoms with Crippen LogP contribution in [0.5, 0.6) is 0 Å². The van der Waals surface area contributed by atoms with E-state index < -0.39 is 12.2 Å². The minimum atomic E-state index is -1.22. The highest BCUT2D eigenvalue weighted by atomic mass is 16.6. The van der Waals surface area contributed by atoms with E-state index in [4.69, 9.17) is 9.84 Å². The Morgan fingerprint density at radius 1 is 0.783 bits per heavy atom. The topological polar surface area (TPSA) is 66.8 Å². The van der Waals surface area contributed by atoms with Crippen molar-refractivity contribution in [3.05, 3.63) is 0 Å². The van der Waals surface area contributed by atoms with E-state index in [9.17, 15) is 9.59 Å². The first kappa shape index (κ1) is 21.7. The number of rotatable bonds is 14. The van der Waals surface area contributed by atoms with Gasteiger partial charge in [0.05, 0.1) is 6.61 Å². The molecule has 0 saturated heterocycles. The molecule has 0 aliphatic rings. The van der Waals surface area contributed by atoms with Crippen LogP contribution in [-0.4, -0.2) is 35.3 Å². The van der Waals surface area contributed by atoms with Crippen molar-refractivity contribution in [1.29, 1.82) is 0 Å². The number of hydrogen-bond acceptors (Lipinski definition) is 3. The first-order valence-corrected chi connectivity index (χ1v) is 9.30. The van der Waals surface area contributed by atoms with Crippen LogP contribution in [0.25, 0.3) is 0 Å². The van der Waals surface area contributed by atoms with Gasteiger partial charge in [0.15, 0.2) is 0 Å². The lowest BCUT2D eigenvalue weighted by Crippen LogP contribution is -2.37. The Kier molecular flexibility index (Phi) is 14.8. The molecule has 136 valence electrons. The van der Waals surface area contributed by atoms with Crippen molar-refractivity contribution in [2.45, 2.75) is 90.9 Å². The quantitative estimate of drug-likeness (QED) is 0.407. The van der Waals surface area contributed by atoms with Crippen LogP contribution in [0.4, 0.5) is 9.59 Å². The maximum atomic E-state index is 11.7. The first-order valence-electron chi connectivity index (χ1n) is 9.30. The van der Waals surface area contributed by atoms with Crippen molar-refractivity contribution in [3.63, 3.8) is 0 Å². The average molecular weight is 329 g/mol. The molecule has 0 spiro atoms. The smallest absolute Gasteiger partial charge is 0.419 e. The third kappa shape index (κ3) is 12.9. The minimum Gasteiger partial charge on any atom is -0.465 e. The van der Waals surface area contributed by atoms with Gasteiger partial charge >= 0.3 is 12.2 Å². The number of amides is 2. The van der Waals surface area contributed by atoms with E-state index in [2.05, 4.69) is 6.92 Å². The summed E-state index contributed by atoms with van der Waals surface area (Å²) in [6, 6.07) is 0. The molecule has 0 aliphatic carbocycles. The number of unbranched alkanes of at least 4 members (excludes halogenated alkanes) is 10. The summed E-state index contributed by atoms with van der Waals surface area (Å²) in [5, 5.41) is 9.03. The van der Waals surface area contributed by atoms with E-state index in [1.807, 2.05) is 6.92 Å². The molecular weight excluding hydrogens is 294 g/mol. The predicted molar refractivity (Wildman–Crippen MR) is 92.8 cm³/mol. The summed E-state index contributed by atoms with van der Waals surface area (Å²) in [7, 11) is 0. The Labute approximate surface area is 141 Å². The van der Waals surface area contributed by atoms with Gasteiger partial charge in [0.1, 0.15) is 0 Å². The molecule has 0 atom stereocenters. The lowest BCUT2D eigenvalue weighted by molar-refractivity contribution is 0.0925. The zero-order valence-corrected chi connectivity index (χ0v) is 15.0. The lowest BCUT2D eigenvalue weighted by atomic mass is 10.1. The Bertz CT molecular complexity index is 307. The molecule has 0 bridgehead atoms. The van der Waals surface area contributed by atoms with Crippen LogP contribution in [0.15, 0.2) is 0 Å². The fourth-order valence-electron chi connectivity index (χ4n) is 2.44. The van der Waals surface area contributed by atoms with Gasteiger partial charge in [0.25, 0.3) is 0 Å². The molecule has 0 rings (SSSR count). The summed E-state index contributed by atoms with van der Waals surface area (Å²) in [4.78, 5) is 23.6. The Balaban J connectivity index is 3.61. The summed E-state index contributed by atoms with van der Waals surface area (Å²) >= 11 is 0. The van der Waals surface area contributed by atoms with Gasteiger partial charge in [-0.15, -0.1) is 0 Å². The maximum absolute atomic E-state index is 11.7. The number of nitrogens with zero attached hydrogens (tertiary/aromatic N) is 1. The number of carbonyl (C=O) groups is 2. The molecule has 0 aromatic rings. The number of imide groups is 1. The highest BCUT2D eigenvalue weighted by molar-refractivity contribution is 5.86. The fourth-order valence-corrected chi connectivity index (χ4v) is 2.44. The number of ether oxygens (including phenoxy) is 1. The molecule has 0 saturated carbocycles. The van der Waals surface area contributed by atoms with Crippen LogP contribution < -0.4 is 0 Å². The van der Waals surface area contributed by atoms with Crippen LogP contribution in [0.3, 0.4) is 0 Å². The third-order valence-corrected chi connectivity index (χ3v) is 3.91. The largest absolute Gasteiger partial charge is 0.465 e. The summed E-state index contributed by atoms with van der Waals surface area (Å²) in [6.07, 6.45) is 11.4. The molecule has 0 aromatic carbocycles. The summed E-state index contributed by atoms with van der Waals surface area (Å²) in [5.41, 5.74) is 0. The Morgan fingerprint density at radius 3 is 1.78 bits per heavy atom. The SMILES string of the molecule is CCCCCCCCCCCOC(=O)N(CCCCC)C(=O)O. The second kappa shape index (κ2) is 15.6. The van der Waals surface area contributed by atoms with E-state index in [1.54, 1.807) is 0 Å². The fraction of sp³-hybridized carbons (Fsp3) is 0.889. The van der Waals surface area contributed by atoms with Gasteiger partial charge in [0.2, 0.25) is 0 Å². The first-order chi connectivity index (χ1) is 11.1. The molecular formula is C18H35NO4. The van der Waals surface area contributed by atoms with Gasteiger partial charge in [-0.3, -0.25) is 0 Å². The lowest BCUT2D eigenvalue weighted by Gasteiger charge is -2.16. The molecule has 0 aliphatic heterocycles. The molecule has 0 fully saturated rings. The van der Waals surface area contributed by atoms with Crippen molar-refractivity contribution in [1.82, 2.24) is 4.90 Å². The van der Waals surface area contributed by atoms with Gasteiger partial charge in [0, 0.05) is 6.54 Å². The summed E-state index contributed by atoms with van der Waals surface area (Å²) in [6.45, 7) is 4.79. The molecule has 0 heterocycles. The van der Waals surface area contributed by atoms with Crippen molar-refractivity contribution in [2.24, 2.45) is 0 Å². The zero-order valence-electron chi connectivity index (χ0n) is 15.0. The van der Waals surface area contributed by atoms with Crippen LogP contribution >= 0.6 is 0 Å². The van der Waals surface area contributed by atoms with Gasteiger partial charge < -0.3 is 9.84 Å². The number of carboxylic acid groups (broad SMARTS) is 1. The van der Waals surface area contributed by atoms with Crippen LogP contribution in [0.1, 0.15) is 90.9 Å². The summed E-state index contributed by atoms with van der Waals surface area (Å²) in [5.74, 6) is 0. The Hall–Kier alpha value is -1.26. The van der Waals surface area contributed by atoms with Crippen molar-refractivity contribution >= 4 is 12.2 Å². The van der Waals surface area contributed by atoms with Gasteiger partial charge in [-0.2, -0.15) is 0 Å². The highest BCUT2D eigenvalue weighted by Gasteiger charge is 2.21. The Morgan fingerprint density at radius 2 is 1.26 bits per heavy atom. The minimum absolute atomic E-state index is 0.222. The van der Waals surface area contributed by atoms with E-state index >= 15 is 0 Å². The van der Waals surface area contributed by atoms with E-state index in [1.165, 1.54) is 38.5 Å². The molecule has 1 N–H and O–H groups in total. The zero-order chi connectivity index (χ0) is 17.3. The van der Waals surface area contributed by atoms with Gasteiger partial charge in [-0.1, -0.05) is 78.1 Å². The van der Waals surface area contributed by atoms with Gasteiger partial charge in [-0.25, -0.2) is 14.5 Å². The van der Waals surface area contributed by atoms with Crippen molar-refractivity contribution in [3.8, 4) is 0 Å². The van der Waals surface area contributed by atoms with Crippen LogP contribution in [-0.2, 0) is 4.74 Å². The molecule has 2 amide bonds. The van der Waals surface area contributed by atoms with Gasteiger partial charge in [-0.05, 0) is 12.8 Å². The van der Waals surface area contributed by atoms with Crippen LogP contribution in [0, 0.1) is 0 Å². The second-order valence-corrected chi connectivity index (χ2v) is 6.08. The number of hydrogen-bond donors (Lipinski definition) is 1.